The van der Waals surface area contributed by atoms with E-state index in [9.17, 15) is 4.79 Å². The SMILES string of the molecule is CC(C)(C)OC(=O)NC1CCNC2CCC21. The molecule has 2 aliphatic rings. The van der Waals surface area contributed by atoms with E-state index in [1.54, 1.807) is 0 Å². The zero-order valence-corrected chi connectivity index (χ0v) is 10.4. The first-order chi connectivity index (χ1) is 7.46. The molecule has 2 fully saturated rings. The van der Waals surface area contributed by atoms with Gasteiger partial charge < -0.3 is 15.4 Å². The number of piperidine rings is 1. The predicted molar refractivity (Wildman–Crippen MR) is 62.3 cm³/mol. The van der Waals surface area contributed by atoms with E-state index < -0.39 is 5.60 Å². The van der Waals surface area contributed by atoms with Crippen LogP contribution >= 0.6 is 0 Å². The topological polar surface area (TPSA) is 50.4 Å². The summed E-state index contributed by atoms with van der Waals surface area (Å²) in [5, 5.41) is 6.48. The summed E-state index contributed by atoms with van der Waals surface area (Å²) in [6, 6.07) is 0.920. The number of alkyl carbamates (subject to hydrolysis) is 1. The molecule has 3 unspecified atom stereocenters. The second kappa shape index (κ2) is 4.24. The fraction of sp³-hybridized carbons (Fsp3) is 0.917. The van der Waals surface area contributed by atoms with E-state index in [0.29, 0.717) is 18.0 Å². The molecular formula is C12H22N2O2. The molecule has 0 bridgehead atoms. The minimum atomic E-state index is -0.407. The standard InChI is InChI=1S/C12H22N2O2/c1-12(2,3)16-11(15)14-10-6-7-13-9-5-4-8(9)10/h8-10,13H,4-7H2,1-3H3,(H,14,15). The van der Waals surface area contributed by atoms with Gasteiger partial charge in [0.25, 0.3) is 0 Å². The Balaban J connectivity index is 1.82. The molecule has 3 atom stereocenters. The first-order valence-electron chi connectivity index (χ1n) is 6.18. The molecule has 2 N–H and O–H groups in total. The maximum atomic E-state index is 11.6. The lowest BCUT2D eigenvalue weighted by molar-refractivity contribution is 0.0399. The summed E-state index contributed by atoms with van der Waals surface area (Å²) in [4.78, 5) is 11.6. The van der Waals surface area contributed by atoms with E-state index in [4.69, 9.17) is 4.74 Å². The normalized spacial score (nSPS) is 33.6. The van der Waals surface area contributed by atoms with Crippen LogP contribution in [-0.2, 0) is 4.74 Å². The monoisotopic (exact) mass is 226 g/mol. The Morgan fingerprint density at radius 2 is 2.06 bits per heavy atom. The first kappa shape index (κ1) is 11.7. The summed E-state index contributed by atoms with van der Waals surface area (Å²) in [6.45, 7) is 6.67. The van der Waals surface area contributed by atoms with E-state index in [-0.39, 0.29) is 6.09 Å². The van der Waals surface area contributed by atoms with Gasteiger partial charge in [-0.05, 0) is 52.5 Å². The van der Waals surface area contributed by atoms with Gasteiger partial charge in [-0.25, -0.2) is 4.79 Å². The number of hydrogen-bond donors (Lipinski definition) is 2. The largest absolute Gasteiger partial charge is 0.444 e. The Morgan fingerprint density at radius 3 is 2.62 bits per heavy atom. The van der Waals surface area contributed by atoms with Gasteiger partial charge in [-0.15, -0.1) is 0 Å². The molecule has 0 aromatic heterocycles. The number of carbonyl (C=O) groups excluding carboxylic acids is 1. The van der Waals surface area contributed by atoms with Crippen molar-refractivity contribution in [3.05, 3.63) is 0 Å². The molecule has 1 amide bonds. The third-order valence-corrected chi connectivity index (χ3v) is 3.41. The van der Waals surface area contributed by atoms with Crippen molar-refractivity contribution < 1.29 is 9.53 Å². The number of hydrogen-bond acceptors (Lipinski definition) is 3. The van der Waals surface area contributed by atoms with Gasteiger partial charge in [0.2, 0.25) is 0 Å². The summed E-state index contributed by atoms with van der Waals surface area (Å²) in [5.74, 6) is 0.612. The summed E-state index contributed by atoms with van der Waals surface area (Å²) in [7, 11) is 0. The highest BCUT2D eigenvalue weighted by molar-refractivity contribution is 5.68. The number of ether oxygens (including phenoxy) is 1. The summed E-state index contributed by atoms with van der Waals surface area (Å²) < 4.78 is 5.28. The lowest BCUT2D eigenvalue weighted by Crippen LogP contribution is -2.59. The molecule has 1 saturated heterocycles. The van der Waals surface area contributed by atoms with Crippen LogP contribution in [0.1, 0.15) is 40.0 Å². The Kier molecular flexibility index (Phi) is 3.10. The van der Waals surface area contributed by atoms with Gasteiger partial charge in [0, 0.05) is 12.1 Å². The average Bonchev–Trinajstić information content (AvgIpc) is 2.04. The molecule has 16 heavy (non-hydrogen) atoms. The van der Waals surface area contributed by atoms with Crippen LogP contribution in [0.2, 0.25) is 0 Å². The van der Waals surface area contributed by atoms with Crippen LogP contribution in [0.5, 0.6) is 0 Å². The number of fused-ring (bicyclic) bond motifs is 1. The van der Waals surface area contributed by atoms with E-state index >= 15 is 0 Å². The van der Waals surface area contributed by atoms with Crippen LogP contribution < -0.4 is 10.6 Å². The predicted octanol–water partition coefficient (Wildman–Crippen LogP) is 1.65. The summed E-state index contributed by atoms with van der Waals surface area (Å²) >= 11 is 0. The van der Waals surface area contributed by atoms with E-state index in [1.165, 1.54) is 12.8 Å². The third-order valence-electron chi connectivity index (χ3n) is 3.41. The van der Waals surface area contributed by atoms with Crippen LogP contribution in [-0.4, -0.2) is 30.3 Å². The van der Waals surface area contributed by atoms with E-state index in [1.807, 2.05) is 20.8 Å². The maximum absolute atomic E-state index is 11.6. The van der Waals surface area contributed by atoms with Crippen LogP contribution in [0.3, 0.4) is 0 Å². The minimum absolute atomic E-state index is 0.273. The zero-order chi connectivity index (χ0) is 11.8. The fourth-order valence-electron chi connectivity index (χ4n) is 2.54. The third kappa shape index (κ3) is 2.67. The molecule has 1 saturated carbocycles. The lowest BCUT2D eigenvalue weighted by atomic mass is 9.71. The van der Waals surface area contributed by atoms with Gasteiger partial charge in [0.15, 0.2) is 0 Å². The molecular weight excluding hydrogens is 204 g/mol. The minimum Gasteiger partial charge on any atom is -0.444 e. The van der Waals surface area contributed by atoms with E-state index in [0.717, 1.165) is 13.0 Å². The molecule has 0 radical (unpaired) electrons. The molecule has 0 aromatic rings. The zero-order valence-electron chi connectivity index (χ0n) is 10.4. The molecule has 4 heteroatoms. The van der Waals surface area contributed by atoms with Crippen molar-refractivity contribution in [3.8, 4) is 0 Å². The average molecular weight is 226 g/mol. The molecule has 92 valence electrons. The van der Waals surface area contributed by atoms with Crippen LogP contribution in [0.15, 0.2) is 0 Å². The molecule has 0 spiro atoms. The molecule has 2 rings (SSSR count). The quantitative estimate of drug-likeness (QED) is 0.715. The van der Waals surface area contributed by atoms with Crippen molar-refractivity contribution >= 4 is 6.09 Å². The first-order valence-corrected chi connectivity index (χ1v) is 6.18. The summed E-state index contributed by atoms with van der Waals surface area (Å²) in [6.07, 6.45) is 3.21. The van der Waals surface area contributed by atoms with Crippen molar-refractivity contribution in [1.82, 2.24) is 10.6 Å². The smallest absolute Gasteiger partial charge is 0.407 e. The highest BCUT2D eigenvalue weighted by atomic mass is 16.6. The Bertz CT molecular complexity index is 273. The Labute approximate surface area is 97.1 Å². The molecule has 1 aliphatic carbocycles. The van der Waals surface area contributed by atoms with Gasteiger partial charge in [0.05, 0.1) is 0 Å². The van der Waals surface area contributed by atoms with E-state index in [2.05, 4.69) is 10.6 Å². The van der Waals surface area contributed by atoms with Crippen LogP contribution in [0.4, 0.5) is 4.79 Å². The van der Waals surface area contributed by atoms with Gasteiger partial charge in [-0.3, -0.25) is 0 Å². The van der Waals surface area contributed by atoms with Crippen molar-refractivity contribution in [2.45, 2.75) is 57.7 Å². The second-order valence-electron chi connectivity index (χ2n) is 5.84. The van der Waals surface area contributed by atoms with Crippen LogP contribution in [0, 0.1) is 5.92 Å². The Hall–Kier alpha value is -0.770. The van der Waals surface area contributed by atoms with Gasteiger partial charge >= 0.3 is 6.09 Å². The van der Waals surface area contributed by atoms with Gasteiger partial charge in [0.1, 0.15) is 5.60 Å². The Morgan fingerprint density at radius 1 is 1.31 bits per heavy atom. The number of amides is 1. The summed E-state index contributed by atoms with van der Waals surface area (Å²) in [5.41, 5.74) is -0.407. The van der Waals surface area contributed by atoms with Crippen molar-refractivity contribution in [2.75, 3.05) is 6.54 Å². The molecule has 4 nitrogen and oxygen atoms in total. The number of nitrogens with one attached hydrogen (secondary N) is 2. The molecule has 1 heterocycles. The highest BCUT2D eigenvalue weighted by Gasteiger charge is 2.40. The fourth-order valence-corrected chi connectivity index (χ4v) is 2.54. The van der Waals surface area contributed by atoms with Gasteiger partial charge in [-0.1, -0.05) is 0 Å². The van der Waals surface area contributed by atoms with Crippen molar-refractivity contribution in [2.24, 2.45) is 5.92 Å². The highest BCUT2D eigenvalue weighted by Crippen LogP contribution is 2.34. The second-order valence-corrected chi connectivity index (χ2v) is 5.84. The van der Waals surface area contributed by atoms with Crippen LogP contribution in [0.25, 0.3) is 0 Å². The molecule has 1 aliphatic heterocycles. The number of rotatable bonds is 1. The maximum Gasteiger partial charge on any atom is 0.407 e. The van der Waals surface area contributed by atoms with Gasteiger partial charge in [-0.2, -0.15) is 0 Å². The lowest BCUT2D eigenvalue weighted by Gasteiger charge is -2.46. The number of carbonyl (C=O) groups is 1. The molecule has 0 aromatic carbocycles. The van der Waals surface area contributed by atoms with Crippen molar-refractivity contribution in [3.63, 3.8) is 0 Å². The van der Waals surface area contributed by atoms with Crippen molar-refractivity contribution in [1.29, 1.82) is 0 Å².